The first-order chi connectivity index (χ1) is 22.8. The number of aryl methyl sites for hydroxylation is 2. The van der Waals surface area contributed by atoms with E-state index in [9.17, 15) is 19.2 Å². The Morgan fingerprint density at radius 1 is 0.583 bits per heavy atom. The molecule has 0 saturated heterocycles. The highest BCUT2D eigenvalue weighted by Gasteiger charge is 2.25. The van der Waals surface area contributed by atoms with E-state index in [0.717, 1.165) is 22.3 Å². The summed E-state index contributed by atoms with van der Waals surface area (Å²) in [6, 6.07) is 18.2. The molecule has 0 aliphatic rings. The molecule has 0 aliphatic heterocycles. The smallest absolute Gasteiger partial charge is 0.258 e. The third kappa shape index (κ3) is 8.64. The number of hydrogen-bond acceptors (Lipinski definition) is 8. The summed E-state index contributed by atoms with van der Waals surface area (Å²) in [4.78, 5) is 50.3. The van der Waals surface area contributed by atoms with Crippen LogP contribution >= 0.6 is 23.2 Å². The van der Waals surface area contributed by atoms with Crippen LogP contribution in [0, 0.1) is 27.7 Å². The molecule has 0 saturated carbocycles. The Kier molecular flexibility index (Phi) is 11.7. The summed E-state index contributed by atoms with van der Waals surface area (Å²) in [5.41, 5.74) is 6.85. The topological polar surface area (TPSA) is 142 Å². The molecule has 0 radical (unpaired) electrons. The van der Waals surface area contributed by atoms with Crippen LogP contribution in [0.15, 0.2) is 93.3 Å². The molecule has 12 heteroatoms. The molecule has 48 heavy (non-hydrogen) atoms. The second-order valence-corrected chi connectivity index (χ2v) is 12.1. The first-order valence-corrected chi connectivity index (χ1v) is 15.7. The molecule has 2 atom stereocenters. The van der Waals surface area contributed by atoms with Gasteiger partial charge in [-0.05, 0) is 111 Å². The predicted molar refractivity (Wildman–Crippen MR) is 189 cm³/mol. The number of carbonyl (C=O) groups excluding carboxylic acids is 4. The second kappa shape index (κ2) is 15.7. The van der Waals surface area contributed by atoms with Crippen molar-refractivity contribution in [1.29, 1.82) is 0 Å². The van der Waals surface area contributed by atoms with Crippen molar-refractivity contribution < 1.29 is 19.2 Å². The number of carbonyl (C=O) groups is 4. The normalized spacial score (nSPS) is 12.6. The zero-order chi connectivity index (χ0) is 35.1. The lowest BCUT2D eigenvalue weighted by molar-refractivity contribution is -0.127. The SMILES string of the molecule is CC(=O)C(N=Nc1ccc(-c2ccc(N=NC(C(C)=O)C(=O)Nc3cccc(C)c3C)c(Cl)c2)cc1Cl)C(=O)Nc1cccc(C)c1C. The number of benzene rings is 4. The summed E-state index contributed by atoms with van der Waals surface area (Å²) < 4.78 is 0. The summed E-state index contributed by atoms with van der Waals surface area (Å²) >= 11 is 13.0. The van der Waals surface area contributed by atoms with Crippen molar-refractivity contribution in [3.05, 3.63) is 105 Å². The molecule has 0 aromatic heterocycles. The Bertz CT molecular complexity index is 1830. The van der Waals surface area contributed by atoms with Crippen LogP contribution in [0.2, 0.25) is 10.0 Å². The molecular formula is C36H34Cl2N6O4. The number of nitrogens with zero attached hydrogens (tertiary/aromatic N) is 4. The molecule has 10 nitrogen and oxygen atoms in total. The molecule has 0 bridgehead atoms. The van der Waals surface area contributed by atoms with E-state index in [-0.39, 0.29) is 21.4 Å². The van der Waals surface area contributed by atoms with E-state index < -0.39 is 35.5 Å². The highest BCUT2D eigenvalue weighted by atomic mass is 35.5. The molecule has 0 spiro atoms. The molecule has 246 valence electrons. The van der Waals surface area contributed by atoms with E-state index in [1.54, 1.807) is 48.5 Å². The van der Waals surface area contributed by atoms with Gasteiger partial charge in [-0.3, -0.25) is 19.2 Å². The van der Waals surface area contributed by atoms with E-state index in [0.29, 0.717) is 22.5 Å². The highest BCUT2D eigenvalue weighted by Crippen LogP contribution is 2.35. The van der Waals surface area contributed by atoms with E-state index in [1.165, 1.54) is 13.8 Å². The Balaban J connectivity index is 1.48. The van der Waals surface area contributed by atoms with Gasteiger partial charge in [0.05, 0.1) is 10.0 Å². The Labute approximate surface area is 288 Å². The van der Waals surface area contributed by atoms with Gasteiger partial charge in [-0.2, -0.15) is 20.5 Å². The number of ketones is 2. The van der Waals surface area contributed by atoms with Gasteiger partial charge < -0.3 is 10.6 Å². The first kappa shape index (κ1) is 35.8. The fourth-order valence-corrected chi connectivity index (χ4v) is 5.02. The lowest BCUT2D eigenvalue weighted by Crippen LogP contribution is -2.32. The molecule has 2 amide bonds. The Hall–Kier alpha value is -5.06. The lowest BCUT2D eigenvalue weighted by atomic mass is 10.0. The second-order valence-electron chi connectivity index (χ2n) is 11.3. The van der Waals surface area contributed by atoms with Crippen LogP contribution in [0.25, 0.3) is 11.1 Å². The van der Waals surface area contributed by atoms with Gasteiger partial charge in [0.2, 0.25) is 12.1 Å². The van der Waals surface area contributed by atoms with Crippen LogP contribution in [-0.4, -0.2) is 35.5 Å². The van der Waals surface area contributed by atoms with Gasteiger partial charge in [-0.15, -0.1) is 0 Å². The number of halogens is 2. The maximum Gasteiger partial charge on any atom is 0.258 e. The monoisotopic (exact) mass is 684 g/mol. The number of anilines is 2. The summed E-state index contributed by atoms with van der Waals surface area (Å²) in [5, 5.41) is 22.2. The number of rotatable bonds is 11. The minimum Gasteiger partial charge on any atom is -0.324 e. The zero-order valence-electron chi connectivity index (χ0n) is 27.3. The van der Waals surface area contributed by atoms with Crippen LogP contribution in [0.3, 0.4) is 0 Å². The molecule has 4 aromatic carbocycles. The van der Waals surface area contributed by atoms with Gasteiger partial charge in [0, 0.05) is 11.4 Å². The first-order valence-electron chi connectivity index (χ1n) is 14.9. The van der Waals surface area contributed by atoms with Gasteiger partial charge in [-0.1, -0.05) is 59.6 Å². The minimum absolute atomic E-state index is 0.229. The average molecular weight is 686 g/mol. The van der Waals surface area contributed by atoms with Gasteiger partial charge in [0.1, 0.15) is 11.4 Å². The molecule has 0 fully saturated rings. The van der Waals surface area contributed by atoms with E-state index in [2.05, 4.69) is 31.1 Å². The number of hydrogen-bond donors (Lipinski definition) is 2. The fraction of sp³-hybridized carbons (Fsp3) is 0.222. The maximum atomic E-state index is 12.9. The van der Waals surface area contributed by atoms with Crippen molar-refractivity contribution in [1.82, 2.24) is 0 Å². The quantitative estimate of drug-likeness (QED) is 0.120. The molecule has 2 unspecified atom stereocenters. The van der Waals surface area contributed by atoms with E-state index in [4.69, 9.17) is 23.2 Å². The summed E-state index contributed by atoms with van der Waals surface area (Å²) in [5.74, 6) is -2.15. The lowest BCUT2D eigenvalue weighted by Gasteiger charge is -2.13. The van der Waals surface area contributed by atoms with Gasteiger partial charge in [0.25, 0.3) is 11.8 Å². The molecule has 2 N–H and O–H groups in total. The minimum atomic E-state index is -1.36. The van der Waals surface area contributed by atoms with Gasteiger partial charge >= 0.3 is 0 Å². The summed E-state index contributed by atoms with van der Waals surface area (Å²) in [7, 11) is 0. The predicted octanol–water partition coefficient (Wildman–Crippen LogP) is 9.25. The van der Waals surface area contributed by atoms with Crippen LogP contribution < -0.4 is 10.6 Å². The van der Waals surface area contributed by atoms with Crippen molar-refractivity contribution in [2.24, 2.45) is 20.5 Å². The standard InChI is InChI=1S/C36H34Cl2N6O4/c1-19-9-7-11-29(21(19)3)39-35(47)33(23(5)45)43-41-31-15-13-25(17-27(31)37)26-14-16-32(28(38)18-26)42-44-34(24(6)46)36(48)40-30-12-8-10-20(2)22(30)4/h7-18,33-34H,1-6H3,(H,39,47)(H,40,48). The number of amides is 2. The largest absolute Gasteiger partial charge is 0.324 e. The van der Waals surface area contributed by atoms with Crippen molar-refractivity contribution in [2.45, 2.75) is 53.6 Å². The maximum absolute atomic E-state index is 12.9. The molecule has 4 rings (SSSR count). The third-order valence-corrected chi connectivity index (χ3v) is 8.39. The molecular weight excluding hydrogens is 651 g/mol. The van der Waals surface area contributed by atoms with Gasteiger partial charge in [-0.25, -0.2) is 0 Å². The van der Waals surface area contributed by atoms with E-state index >= 15 is 0 Å². The van der Waals surface area contributed by atoms with Crippen molar-refractivity contribution in [3.63, 3.8) is 0 Å². The molecule has 4 aromatic rings. The fourth-order valence-electron chi connectivity index (χ4n) is 4.59. The summed E-state index contributed by atoms with van der Waals surface area (Å²) in [6.45, 7) is 10.1. The Morgan fingerprint density at radius 2 is 0.958 bits per heavy atom. The molecule has 0 aliphatic carbocycles. The average Bonchev–Trinajstić information content (AvgIpc) is 3.03. The van der Waals surface area contributed by atoms with Crippen molar-refractivity contribution in [2.75, 3.05) is 10.6 Å². The van der Waals surface area contributed by atoms with Gasteiger partial charge in [0.15, 0.2) is 11.6 Å². The van der Waals surface area contributed by atoms with Crippen LogP contribution in [0.1, 0.15) is 36.1 Å². The number of Topliss-reactive ketones (excluding diaryl/α,β-unsaturated/α-hetero) is 2. The van der Waals surface area contributed by atoms with Crippen LogP contribution in [0.5, 0.6) is 0 Å². The highest BCUT2D eigenvalue weighted by molar-refractivity contribution is 6.34. The number of nitrogens with one attached hydrogen (secondary N) is 2. The van der Waals surface area contributed by atoms with Crippen LogP contribution in [-0.2, 0) is 19.2 Å². The zero-order valence-corrected chi connectivity index (χ0v) is 28.8. The van der Waals surface area contributed by atoms with Crippen molar-refractivity contribution in [3.8, 4) is 11.1 Å². The van der Waals surface area contributed by atoms with Crippen molar-refractivity contribution >= 4 is 69.3 Å². The third-order valence-electron chi connectivity index (χ3n) is 7.78. The number of azo groups is 2. The molecule has 0 heterocycles. The van der Waals surface area contributed by atoms with Crippen LogP contribution in [0.4, 0.5) is 22.7 Å². The Morgan fingerprint density at radius 3 is 1.29 bits per heavy atom. The van der Waals surface area contributed by atoms with E-state index in [1.807, 2.05) is 52.0 Å². The summed E-state index contributed by atoms with van der Waals surface area (Å²) in [6.07, 6.45) is 0.